The van der Waals surface area contributed by atoms with Gasteiger partial charge in [0.25, 0.3) is 0 Å². The highest BCUT2D eigenvalue weighted by Gasteiger charge is 2.26. The van der Waals surface area contributed by atoms with Crippen molar-refractivity contribution in [3.63, 3.8) is 0 Å². The maximum atomic E-state index is 12.4. The molecule has 1 aliphatic heterocycles. The van der Waals surface area contributed by atoms with E-state index in [1.807, 2.05) is 31.2 Å². The van der Waals surface area contributed by atoms with E-state index in [2.05, 4.69) is 22.1 Å². The second-order valence-corrected chi connectivity index (χ2v) is 6.90. The summed E-state index contributed by atoms with van der Waals surface area (Å²) in [5.74, 6) is 2.12. The first kappa shape index (κ1) is 17.7. The van der Waals surface area contributed by atoms with Crippen LogP contribution in [0.2, 0.25) is 0 Å². The third-order valence-corrected chi connectivity index (χ3v) is 4.93. The molecule has 0 aliphatic carbocycles. The van der Waals surface area contributed by atoms with Crippen LogP contribution < -0.4 is 5.32 Å². The molecule has 2 aromatic heterocycles. The molecule has 0 radical (unpaired) electrons. The summed E-state index contributed by atoms with van der Waals surface area (Å²) in [4.78, 5) is 18.8. The zero-order valence-corrected chi connectivity index (χ0v) is 15.1. The number of pyridine rings is 1. The predicted molar refractivity (Wildman–Crippen MR) is 97.3 cm³/mol. The summed E-state index contributed by atoms with van der Waals surface area (Å²) in [5.41, 5.74) is 1.14. The highest BCUT2D eigenvalue weighted by molar-refractivity contribution is 5.76. The summed E-state index contributed by atoms with van der Waals surface area (Å²) in [5, 5.41) is 3.11. The summed E-state index contributed by atoms with van der Waals surface area (Å²) in [6.45, 7) is 6.75. The minimum atomic E-state index is 0.0804. The number of nitrogens with one attached hydrogen (secondary N) is 1. The Hall–Kier alpha value is -2.14. The van der Waals surface area contributed by atoms with E-state index in [-0.39, 0.29) is 17.9 Å². The van der Waals surface area contributed by atoms with Gasteiger partial charge < -0.3 is 9.73 Å². The number of amides is 1. The molecule has 2 aromatic rings. The van der Waals surface area contributed by atoms with Crippen molar-refractivity contribution in [2.45, 2.75) is 45.1 Å². The van der Waals surface area contributed by atoms with Crippen molar-refractivity contribution in [3.05, 3.63) is 53.7 Å². The minimum Gasteiger partial charge on any atom is -0.465 e. The molecular weight excluding hydrogens is 314 g/mol. The van der Waals surface area contributed by atoms with Crippen LogP contribution in [0.4, 0.5) is 0 Å². The number of nitrogens with zero attached hydrogens (tertiary/aromatic N) is 2. The van der Waals surface area contributed by atoms with E-state index < -0.39 is 0 Å². The molecule has 2 atom stereocenters. The van der Waals surface area contributed by atoms with Crippen LogP contribution in [0.5, 0.6) is 0 Å². The van der Waals surface area contributed by atoms with Crippen molar-refractivity contribution in [2.75, 3.05) is 19.6 Å². The molecule has 0 unspecified atom stereocenters. The van der Waals surface area contributed by atoms with Gasteiger partial charge in [-0.15, -0.1) is 0 Å². The van der Waals surface area contributed by atoms with Gasteiger partial charge in [0.15, 0.2) is 0 Å². The zero-order valence-electron chi connectivity index (χ0n) is 15.1. The van der Waals surface area contributed by atoms with Gasteiger partial charge in [-0.25, -0.2) is 0 Å². The summed E-state index contributed by atoms with van der Waals surface area (Å²) >= 11 is 0. The maximum Gasteiger partial charge on any atom is 0.220 e. The van der Waals surface area contributed by atoms with Crippen LogP contribution >= 0.6 is 0 Å². The normalized spacial score (nSPS) is 17.4. The first-order valence-electron chi connectivity index (χ1n) is 9.10. The number of hydrogen-bond donors (Lipinski definition) is 1. The molecule has 3 rings (SSSR count). The third-order valence-electron chi connectivity index (χ3n) is 4.93. The third kappa shape index (κ3) is 4.69. The molecule has 5 heteroatoms. The van der Waals surface area contributed by atoms with Crippen LogP contribution in [0.15, 0.2) is 41.1 Å². The van der Waals surface area contributed by atoms with Gasteiger partial charge in [-0.1, -0.05) is 6.92 Å². The zero-order chi connectivity index (χ0) is 17.6. The van der Waals surface area contributed by atoms with Crippen LogP contribution in [-0.2, 0) is 4.79 Å². The Labute approximate surface area is 149 Å². The molecule has 5 nitrogen and oxygen atoms in total. The van der Waals surface area contributed by atoms with Crippen LogP contribution in [-0.4, -0.2) is 35.4 Å². The summed E-state index contributed by atoms with van der Waals surface area (Å²) < 4.78 is 5.84. The van der Waals surface area contributed by atoms with Gasteiger partial charge in [-0.05, 0) is 68.6 Å². The number of furan rings is 1. The van der Waals surface area contributed by atoms with Gasteiger partial charge in [0.2, 0.25) is 5.91 Å². The van der Waals surface area contributed by atoms with E-state index in [0.29, 0.717) is 13.0 Å². The molecule has 0 aromatic carbocycles. The fourth-order valence-electron chi connectivity index (χ4n) is 3.47. The lowest BCUT2D eigenvalue weighted by atomic mass is 9.98. The quantitative estimate of drug-likeness (QED) is 0.838. The fraction of sp³-hybridized carbons (Fsp3) is 0.500. The molecule has 1 aliphatic rings. The standard InChI is InChI=1S/C20H27N3O2/c1-15(17-7-9-21-10-8-17)13-20(24)22-14-18(23-11-3-4-12-23)19-6-5-16(2)25-19/h5-10,15,18H,3-4,11-14H2,1-2H3,(H,22,24)/t15-,18-/m1/s1. The predicted octanol–water partition coefficient (Wildman–Crippen LogP) is 3.43. The van der Waals surface area contributed by atoms with E-state index >= 15 is 0 Å². The van der Waals surface area contributed by atoms with Gasteiger partial charge in [-0.2, -0.15) is 0 Å². The summed E-state index contributed by atoms with van der Waals surface area (Å²) in [7, 11) is 0. The summed E-state index contributed by atoms with van der Waals surface area (Å²) in [6.07, 6.45) is 6.44. The molecule has 0 bridgehead atoms. The molecule has 1 N–H and O–H groups in total. The van der Waals surface area contributed by atoms with Crippen LogP contribution in [0, 0.1) is 6.92 Å². The van der Waals surface area contributed by atoms with Crippen molar-refractivity contribution in [3.8, 4) is 0 Å². The fourth-order valence-corrected chi connectivity index (χ4v) is 3.47. The maximum absolute atomic E-state index is 12.4. The second kappa shape index (κ2) is 8.30. The van der Waals surface area contributed by atoms with Gasteiger partial charge in [0.05, 0.1) is 6.04 Å². The molecule has 3 heterocycles. The Morgan fingerprint density at radius 2 is 1.96 bits per heavy atom. The highest BCUT2D eigenvalue weighted by Crippen LogP contribution is 2.26. The SMILES string of the molecule is Cc1ccc([C@@H](CNC(=O)C[C@@H](C)c2ccncc2)N2CCCC2)o1. The van der Waals surface area contributed by atoms with E-state index in [0.717, 1.165) is 30.2 Å². The number of rotatable bonds is 7. The van der Waals surface area contributed by atoms with Crippen molar-refractivity contribution in [1.82, 2.24) is 15.2 Å². The van der Waals surface area contributed by atoms with Crippen molar-refractivity contribution >= 4 is 5.91 Å². The Morgan fingerprint density at radius 3 is 2.60 bits per heavy atom. The van der Waals surface area contributed by atoms with Crippen molar-refractivity contribution in [1.29, 1.82) is 0 Å². The Bertz CT molecular complexity index is 677. The van der Waals surface area contributed by atoms with E-state index in [9.17, 15) is 4.79 Å². The number of aromatic nitrogens is 1. The Kier molecular flexibility index (Phi) is 5.87. The average Bonchev–Trinajstić information content (AvgIpc) is 3.28. The first-order chi connectivity index (χ1) is 12.1. The lowest BCUT2D eigenvalue weighted by Gasteiger charge is -2.26. The van der Waals surface area contributed by atoms with Crippen LogP contribution in [0.25, 0.3) is 0 Å². The summed E-state index contributed by atoms with van der Waals surface area (Å²) in [6, 6.07) is 8.08. The van der Waals surface area contributed by atoms with Crippen molar-refractivity contribution in [2.24, 2.45) is 0 Å². The molecule has 25 heavy (non-hydrogen) atoms. The topological polar surface area (TPSA) is 58.4 Å². The van der Waals surface area contributed by atoms with Crippen LogP contribution in [0.3, 0.4) is 0 Å². The Morgan fingerprint density at radius 1 is 1.24 bits per heavy atom. The van der Waals surface area contributed by atoms with E-state index in [1.54, 1.807) is 12.4 Å². The molecule has 0 spiro atoms. The second-order valence-electron chi connectivity index (χ2n) is 6.90. The number of carbonyl (C=O) groups is 1. The number of carbonyl (C=O) groups excluding carboxylic acids is 1. The molecule has 1 saturated heterocycles. The minimum absolute atomic E-state index is 0.0804. The van der Waals surface area contributed by atoms with Gasteiger partial charge in [-0.3, -0.25) is 14.7 Å². The number of aryl methyl sites for hydroxylation is 1. The van der Waals surface area contributed by atoms with Crippen LogP contribution in [0.1, 0.15) is 55.2 Å². The largest absolute Gasteiger partial charge is 0.465 e. The first-order valence-corrected chi connectivity index (χ1v) is 9.10. The Balaban J connectivity index is 1.58. The highest BCUT2D eigenvalue weighted by atomic mass is 16.3. The number of hydrogen-bond acceptors (Lipinski definition) is 4. The van der Waals surface area contributed by atoms with Gasteiger partial charge >= 0.3 is 0 Å². The lowest BCUT2D eigenvalue weighted by Crippen LogP contribution is -2.36. The van der Waals surface area contributed by atoms with Crippen molar-refractivity contribution < 1.29 is 9.21 Å². The molecule has 1 amide bonds. The van der Waals surface area contributed by atoms with E-state index in [1.165, 1.54) is 12.8 Å². The lowest BCUT2D eigenvalue weighted by molar-refractivity contribution is -0.121. The number of likely N-dealkylation sites (tertiary alicyclic amines) is 1. The smallest absolute Gasteiger partial charge is 0.220 e. The monoisotopic (exact) mass is 341 g/mol. The van der Waals surface area contributed by atoms with Gasteiger partial charge in [0.1, 0.15) is 11.5 Å². The average molecular weight is 341 g/mol. The van der Waals surface area contributed by atoms with E-state index in [4.69, 9.17) is 4.42 Å². The molecular formula is C20H27N3O2. The molecule has 0 saturated carbocycles. The molecule has 1 fully saturated rings. The van der Waals surface area contributed by atoms with Gasteiger partial charge in [0, 0.05) is 25.4 Å². The molecule has 134 valence electrons.